The lowest BCUT2D eigenvalue weighted by Crippen LogP contribution is -2.51. The standard InChI is InChI=1S/C20H28N4O3/c1-13(26)24-9-5-8-20(24,4)11-21-17(27)14-6-7-15-16(10-14)23-18(22-15)19(2,3)12-25/h6-7,10,25H,5,8-9,11-12H2,1-4H3,(H,21,27)(H,22,23)/t20-/m0/s1. The summed E-state index contributed by atoms with van der Waals surface area (Å²) in [6.45, 7) is 8.54. The minimum Gasteiger partial charge on any atom is -0.395 e. The molecule has 0 aliphatic carbocycles. The van der Waals surface area contributed by atoms with E-state index in [-0.39, 0.29) is 24.0 Å². The van der Waals surface area contributed by atoms with Crippen molar-refractivity contribution in [2.45, 2.75) is 51.5 Å². The number of imidazole rings is 1. The molecule has 1 aromatic heterocycles. The molecule has 3 N–H and O–H groups in total. The Morgan fingerprint density at radius 1 is 1.41 bits per heavy atom. The van der Waals surface area contributed by atoms with Crippen LogP contribution in [0, 0.1) is 0 Å². The number of hydrogen-bond acceptors (Lipinski definition) is 4. The zero-order chi connectivity index (χ0) is 19.8. The molecular weight excluding hydrogens is 344 g/mol. The number of carbonyl (C=O) groups excluding carboxylic acids is 2. The molecule has 0 spiro atoms. The Balaban J connectivity index is 1.75. The van der Waals surface area contributed by atoms with Gasteiger partial charge in [-0.1, -0.05) is 13.8 Å². The molecule has 2 aromatic rings. The van der Waals surface area contributed by atoms with E-state index < -0.39 is 5.41 Å². The van der Waals surface area contributed by atoms with Crippen LogP contribution in [0.2, 0.25) is 0 Å². The van der Waals surface area contributed by atoms with Gasteiger partial charge in [0.2, 0.25) is 5.91 Å². The fourth-order valence-electron chi connectivity index (χ4n) is 3.66. The van der Waals surface area contributed by atoms with E-state index in [4.69, 9.17) is 0 Å². The highest BCUT2D eigenvalue weighted by atomic mass is 16.3. The first-order valence-corrected chi connectivity index (χ1v) is 9.34. The van der Waals surface area contributed by atoms with Gasteiger partial charge in [0.25, 0.3) is 5.91 Å². The summed E-state index contributed by atoms with van der Waals surface area (Å²) in [5, 5.41) is 12.5. The van der Waals surface area contributed by atoms with E-state index in [1.54, 1.807) is 25.1 Å². The summed E-state index contributed by atoms with van der Waals surface area (Å²) in [7, 11) is 0. The smallest absolute Gasteiger partial charge is 0.251 e. The van der Waals surface area contributed by atoms with Gasteiger partial charge in [0.15, 0.2) is 0 Å². The Bertz CT molecular complexity index is 873. The number of amides is 2. The average Bonchev–Trinajstić information content (AvgIpc) is 3.23. The molecule has 1 fully saturated rings. The van der Waals surface area contributed by atoms with Gasteiger partial charge in [0.1, 0.15) is 5.82 Å². The minimum absolute atomic E-state index is 0.0224. The Morgan fingerprint density at radius 3 is 2.81 bits per heavy atom. The molecule has 1 aromatic carbocycles. The van der Waals surface area contributed by atoms with Gasteiger partial charge in [0.05, 0.1) is 23.2 Å². The van der Waals surface area contributed by atoms with Crippen molar-refractivity contribution in [2.75, 3.05) is 19.7 Å². The van der Waals surface area contributed by atoms with Crippen molar-refractivity contribution in [1.29, 1.82) is 0 Å². The number of rotatable bonds is 5. The maximum absolute atomic E-state index is 12.6. The molecule has 1 atom stereocenters. The number of aromatic amines is 1. The van der Waals surface area contributed by atoms with E-state index in [2.05, 4.69) is 15.3 Å². The lowest BCUT2D eigenvalue weighted by Gasteiger charge is -2.34. The second kappa shape index (κ2) is 6.96. The summed E-state index contributed by atoms with van der Waals surface area (Å²) in [6.07, 6.45) is 1.83. The van der Waals surface area contributed by atoms with Crippen LogP contribution in [0.25, 0.3) is 11.0 Å². The highest BCUT2D eigenvalue weighted by Crippen LogP contribution is 2.28. The lowest BCUT2D eigenvalue weighted by molar-refractivity contribution is -0.132. The Labute approximate surface area is 159 Å². The molecule has 0 bridgehead atoms. The number of H-pyrrole nitrogens is 1. The number of carbonyl (C=O) groups is 2. The summed E-state index contributed by atoms with van der Waals surface area (Å²) in [5.74, 6) is 0.557. The second-order valence-electron chi connectivity index (χ2n) is 8.31. The molecule has 2 amide bonds. The van der Waals surface area contributed by atoms with E-state index in [0.29, 0.717) is 17.9 Å². The van der Waals surface area contributed by atoms with E-state index in [9.17, 15) is 14.7 Å². The fourth-order valence-corrected chi connectivity index (χ4v) is 3.66. The monoisotopic (exact) mass is 372 g/mol. The summed E-state index contributed by atoms with van der Waals surface area (Å²) in [6, 6.07) is 5.32. The molecule has 1 aliphatic rings. The van der Waals surface area contributed by atoms with Gasteiger partial charge in [-0.25, -0.2) is 4.98 Å². The second-order valence-corrected chi connectivity index (χ2v) is 8.31. The highest BCUT2D eigenvalue weighted by Gasteiger charge is 2.38. The van der Waals surface area contributed by atoms with Crippen molar-refractivity contribution >= 4 is 22.8 Å². The van der Waals surface area contributed by atoms with Gasteiger partial charge < -0.3 is 20.3 Å². The molecule has 0 unspecified atom stereocenters. The Morgan fingerprint density at radius 2 is 2.15 bits per heavy atom. The summed E-state index contributed by atoms with van der Waals surface area (Å²) >= 11 is 0. The number of benzene rings is 1. The minimum atomic E-state index is -0.478. The molecule has 7 heteroatoms. The molecule has 3 rings (SSSR count). The van der Waals surface area contributed by atoms with Gasteiger partial charge >= 0.3 is 0 Å². The number of aliphatic hydroxyl groups excluding tert-OH is 1. The summed E-state index contributed by atoms with van der Waals surface area (Å²) < 4.78 is 0. The van der Waals surface area contributed by atoms with Crippen LogP contribution in [0.5, 0.6) is 0 Å². The van der Waals surface area contributed by atoms with E-state index in [1.165, 1.54) is 0 Å². The van der Waals surface area contributed by atoms with Crippen molar-refractivity contribution in [1.82, 2.24) is 20.2 Å². The number of aliphatic hydroxyl groups is 1. The molecule has 146 valence electrons. The summed E-state index contributed by atoms with van der Waals surface area (Å²) in [4.78, 5) is 34.0. The maximum atomic E-state index is 12.6. The zero-order valence-corrected chi connectivity index (χ0v) is 16.4. The van der Waals surface area contributed by atoms with Crippen LogP contribution >= 0.6 is 0 Å². The lowest BCUT2D eigenvalue weighted by atomic mass is 9.94. The molecule has 27 heavy (non-hydrogen) atoms. The van der Waals surface area contributed by atoms with Gasteiger partial charge in [-0.2, -0.15) is 0 Å². The number of aromatic nitrogens is 2. The number of nitrogens with one attached hydrogen (secondary N) is 2. The van der Waals surface area contributed by atoms with Crippen LogP contribution in [-0.4, -0.2) is 57.0 Å². The average molecular weight is 372 g/mol. The molecule has 1 aliphatic heterocycles. The fraction of sp³-hybridized carbons (Fsp3) is 0.550. The van der Waals surface area contributed by atoms with E-state index in [1.807, 2.05) is 25.7 Å². The maximum Gasteiger partial charge on any atom is 0.251 e. The van der Waals surface area contributed by atoms with E-state index in [0.717, 1.165) is 30.4 Å². The molecule has 2 heterocycles. The van der Waals surface area contributed by atoms with Crippen LogP contribution in [0.15, 0.2) is 18.2 Å². The zero-order valence-electron chi connectivity index (χ0n) is 16.4. The highest BCUT2D eigenvalue weighted by molar-refractivity contribution is 5.97. The van der Waals surface area contributed by atoms with Crippen molar-refractivity contribution < 1.29 is 14.7 Å². The number of fused-ring (bicyclic) bond motifs is 1. The number of hydrogen-bond donors (Lipinski definition) is 3. The quantitative estimate of drug-likeness (QED) is 0.747. The van der Waals surface area contributed by atoms with Crippen molar-refractivity contribution in [3.8, 4) is 0 Å². The Kier molecular flexibility index (Phi) is 4.99. The first kappa shape index (κ1) is 19.4. The van der Waals surface area contributed by atoms with Crippen LogP contribution in [-0.2, 0) is 10.2 Å². The van der Waals surface area contributed by atoms with Gasteiger partial charge in [-0.15, -0.1) is 0 Å². The van der Waals surface area contributed by atoms with Crippen LogP contribution in [0.1, 0.15) is 56.7 Å². The first-order valence-electron chi connectivity index (χ1n) is 9.34. The Hall–Kier alpha value is -2.41. The van der Waals surface area contributed by atoms with Crippen molar-refractivity contribution in [2.24, 2.45) is 0 Å². The molecule has 7 nitrogen and oxygen atoms in total. The number of nitrogens with zero attached hydrogens (tertiary/aromatic N) is 2. The number of likely N-dealkylation sites (tertiary alicyclic amines) is 1. The summed E-state index contributed by atoms with van der Waals surface area (Å²) in [5.41, 5.74) is 1.24. The third-order valence-electron chi connectivity index (χ3n) is 5.54. The first-order chi connectivity index (χ1) is 12.7. The predicted molar refractivity (Wildman–Crippen MR) is 104 cm³/mol. The molecule has 0 radical (unpaired) electrons. The van der Waals surface area contributed by atoms with E-state index >= 15 is 0 Å². The van der Waals surface area contributed by atoms with Gasteiger partial charge in [-0.05, 0) is 38.0 Å². The third kappa shape index (κ3) is 3.69. The SMILES string of the molecule is CC(=O)N1CCC[C@@]1(C)CNC(=O)c1ccc2nc(C(C)(C)CO)[nH]c2c1. The normalized spacial score (nSPS) is 20.3. The van der Waals surface area contributed by atoms with Crippen molar-refractivity contribution in [3.63, 3.8) is 0 Å². The van der Waals surface area contributed by atoms with Crippen LogP contribution < -0.4 is 5.32 Å². The van der Waals surface area contributed by atoms with Gasteiger partial charge in [0, 0.05) is 31.0 Å². The van der Waals surface area contributed by atoms with Gasteiger partial charge in [-0.3, -0.25) is 9.59 Å². The predicted octanol–water partition coefficient (Wildman–Crippen LogP) is 1.96. The molecule has 1 saturated heterocycles. The molecular formula is C20H28N4O3. The van der Waals surface area contributed by atoms with Crippen LogP contribution in [0.4, 0.5) is 0 Å². The molecule has 0 saturated carbocycles. The van der Waals surface area contributed by atoms with Crippen molar-refractivity contribution in [3.05, 3.63) is 29.6 Å². The van der Waals surface area contributed by atoms with Crippen LogP contribution in [0.3, 0.4) is 0 Å². The third-order valence-corrected chi connectivity index (χ3v) is 5.54. The largest absolute Gasteiger partial charge is 0.395 e. The topological polar surface area (TPSA) is 98.3 Å².